The van der Waals surface area contributed by atoms with Gasteiger partial charge in [0.15, 0.2) is 21.7 Å². The normalized spacial score (nSPS) is 12.2. The standard InChI is InChI=1S/C16H10ClN3O3S2/c17-9-2-3-10-13(6-9)25-16(18-10)20-15(24)19-14(21)8-1-4-11-12(5-8)23-7-22-11/h1-6H,7H2,(H2,18,19,20,21,24). The fourth-order valence-electron chi connectivity index (χ4n) is 2.29. The molecule has 0 fully saturated rings. The van der Waals surface area contributed by atoms with Crippen LogP contribution in [0.3, 0.4) is 0 Å². The van der Waals surface area contributed by atoms with Gasteiger partial charge in [0.05, 0.1) is 10.2 Å². The SMILES string of the molecule is O=C(NC(=S)Nc1nc2ccc(Cl)cc2s1)c1ccc2c(c1)OCO2. The number of nitrogens with zero attached hydrogens (tertiary/aromatic N) is 1. The molecule has 1 amide bonds. The number of carbonyl (C=O) groups excluding carboxylic acids is 1. The van der Waals surface area contributed by atoms with Gasteiger partial charge in [-0.15, -0.1) is 0 Å². The van der Waals surface area contributed by atoms with Crippen LogP contribution in [0, 0.1) is 0 Å². The van der Waals surface area contributed by atoms with E-state index in [9.17, 15) is 4.79 Å². The molecule has 0 atom stereocenters. The molecule has 0 radical (unpaired) electrons. The van der Waals surface area contributed by atoms with Gasteiger partial charge in [0.1, 0.15) is 0 Å². The Bertz CT molecular complexity index is 1010. The van der Waals surface area contributed by atoms with Crippen molar-refractivity contribution in [1.29, 1.82) is 0 Å². The number of nitrogens with one attached hydrogen (secondary N) is 2. The van der Waals surface area contributed by atoms with Crippen molar-refractivity contribution < 1.29 is 14.3 Å². The molecule has 2 heterocycles. The lowest BCUT2D eigenvalue weighted by Gasteiger charge is -2.07. The molecule has 0 aliphatic carbocycles. The van der Waals surface area contributed by atoms with Crippen molar-refractivity contribution in [3.05, 3.63) is 47.0 Å². The molecule has 0 unspecified atom stereocenters. The summed E-state index contributed by atoms with van der Waals surface area (Å²) in [5.74, 6) is 0.805. The molecule has 4 rings (SSSR count). The third kappa shape index (κ3) is 3.37. The molecule has 1 aromatic heterocycles. The minimum Gasteiger partial charge on any atom is -0.454 e. The molecular formula is C16H10ClN3O3S2. The number of rotatable bonds is 2. The van der Waals surface area contributed by atoms with Gasteiger partial charge in [-0.05, 0) is 48.6 Å². The number of thiazole rings is 1. The maximum Gasteiger partial charge on any atom is 0.257 e. The number of halogens is 1. The van der Waals surface area contributed by atoms with Crippen LogP contribution in [-0.4, -0.2) is 22.8 Å². The van der Waals surface area contributed by atoms with E-state index in [1.807, 2.05) is 12.1 Å². The Hall–Kier alpha value is -2.42. The number of amides is 1. The second-order valence-electron chi connectivity index (χ2n) is 5.11. The Morgan fingerprint density at radius 2 is 2.04 bits per heavy atom. The van der Waals surface area contributed by atoms with E-state index in [-0.39, 0.29) is 17.8 Å². The molecule has 0 saturated heterocycles. The molecule has 2 N–H and O–H groups in total. The largest absolute Gasteiger partial charge is 0.454 e. The molecule has 1 aliphatic heterocycles. The van der Waals surface area contributed by atoms with E-state index in [4.69, 9.17) is 33.3 Å². The van der Waals surface area contributed by atoms with Crippen molar-refractivity contribution in [2.75, 3.05) is 12.1 Å². The van der Waals surface area contributed by atoms with Gasteiger partial charge in [0.2, 0.25) is 6.79 Å². The molecule has 3 aromatic rings. The summed E-state index contributed by atoms with van der Waals surface area (Å²) in [7, 11) is 0. The van der Waals surface area contributed by atoms with Gasteiger partial charge in [0, 0.05) is 10.6 Å². The van der Waals surface area contributed by atoms with Gasteiger partial charge >= 0.3 is 0 Å². The van der Waals surface area contributed by atoms with E-state index >= 15 is 0 Å². The van der Waals surface area contributed by atoms with E-state index in [1.54, 1.807) is 24.3 Å². The number of aromatic nitrogens is 1. The molecule has 0 bridgehead atoms. The van der Waals surface area contributed by atoms with Crippen molar-refractivity contribution >= 4 is 61.5 Å². The molecule has 0 spiro atoms. The number of benzene rings is 2. The quantitative estimate of drug-likeness (QED) is 0.647. The van der Waals surface area contributed by atoms with Gasteiger partial charge in [-0.25, -0.2) is 4.98 Å². The number of carbonyl (C=O) groups is 1. The van der Waals surface area contributed by atoms with Gasteiger partial charge in [-0.1, -0.05) is 22.9 Å². The molecule has 25 heavy (non-hydrogen) atoms. The van der Waals surface area contributed by atoms with Crippen LogP contribution in [0.5, 0.6) is 11.5 Å². The fraction of sp³-hybridized carbons (Fsp3) is 0.0625. The predicted octanol–water partition coefficient (Wildman–Crippen LogP) is 3.81. The minimum atomic E-state index is -0.347. The second kappa shape index (κ2) is 6.47. The first-order chi connectivity index (χ1) is 12.1. The van der Waals surface area contributed by atoms with Crippen LogP contribution in [0.1, 0.15) is 10.4 Å². The Morgan fingerprint density at radius 3 is 2.92 bits per heavy atom. The van der Waals surface area contributed by atoms with Crippen LogP contribution in [0.25, 0.3) is 10.2 Å². The Morgan fingerprint density at radius 1 is 1.20 bits per heavy atom. The van der Waals surface area contributed by atoms with Gasteiger partial charge in [-0.2, -0.15) is 0 Å². The predicted molar refractivity (Wildman–Crippen MR) is 101 cm³/mol. The summed E-state index contributed by atoms with van der Waals surface area (Å²) < 4.78 is 11.4. The first-order valence-electron chi connectivity index (χ1n) is 7.16. The van der Waals surface area contributed by atoms with Crippen molar-refractivity contribution in [3.63, 3.8) is 0 Å². The summed E-state index contributed by atoms with van der Waals surface area (Å²) >= 11 is 12.5. The first kappa shape index (κ1) is 16.1. The summed E-state index contributed by atoms with van der Waals surface area (Å²) in [6, 6.07) is 10.4. The number of hydrogen-bond donors (Lipinski definition) is 2. The molecule has 126 valence electrons. The van der Waals surface area contributed by atoms with Crippen molar-refractivity contribution in [1.82, 2.24) is 10.3 Å². The maximum absolute atomic E-state index is 12.3. The van der Waals surface area contributed by atoms with E-state index in [0.29, 0.717) is 27.2 Å². The van der Waals surface area contributed by atoms with Crippen molar-refractivity contribution in [2.24, 2.45) is 0 Å². The zero-order chi connectivity index (χ0) is 17.4. The van der Waals surface area contributed by atoms with Crippen LogP contribution < -0.4 is 20.1 Å². The molecule has 9 heteroatoms. The summed E-state index contributed by atoms with van der Waals surface area (Å²) in [6.07, 6.45) is 0. The molecule has 2 aromatic carbocycles. The van der Waals surface area contributed by atoms with E-state index < -0.39 is 0 Å². The highest BCUT2D eigenvalue weighted by atomic mass is 35.5. The zero-order valence-electron chi connectivity index (χ0n) is 12.5. The highest BCUT2D eigenvalue weighted by molar-refractivity contribution is 7.80. The smallest absolute Gasteiger partial charge is 0.257 e. The van der Waals surface area contributed by atoms with Crippen LogP contribution in [0.15, 0.2) is 36.4 Å². The third-order valence-electron chi connectivity index (χ3n) is 3.43. The molecule has 0 saturated carbocycles. The van der Waals surface area contributed by atoms with Gasteiger partial charge < -0.3 is 14.8 Å². The number of fused-ring (bicyclic) bond motifs is 2. The number of anilines is 1. The second-order valence-corrected chi connectivity index (χ2v) is 6.98. The van der Waals surface area contributed by atoms with Crippen molar-refractivity contribution in [3.8, 4) is 11.5 Å². The van der Waals surface area contributed by atoms with Gasteiger partial charge in [0.25, 0.3) is 5.91 Å². The highest BCUT2D eigenvalue weighted by Gasteiger charge is 2.17. The van der Waals surface area contributed by atoms with Crippen LogP contribution >= 0.6 is 35.2 Å². The van der Waals surface area contributed by atoms with E-state index in [0.717, 1.165) is 10.2 Å². The number of thiocarbonyl (C=S) groups is 1. The number of hydrogen-bond acceptors (Lipinski definition) is 6. The highest BCUT2D eigenvalue weighted by Crippen LogP contribution is 2.32. The molecular weight excluding hydrogens is 382 g/mol. The van der Waals surface area contributed by atoms with Crippen LogP contribution in [0.4, 0.5) is 5.13 Å². The van der Waals surface area contributed by atoms with E-state index in [1.165, 1.54) is 11.3 Å². The summed E-state index contributed by atoms with van der Waals surface area (Å²) in [5.41, 5.74) is 1.23. The molecule has 6 nitrogen and oxygen atoms in total. The summed E-state index contributed by atoms with van der Waals surface area (Å²) in [4.78, 5) is 16.7. The topological polar surface area (TPSA) is 72.5 Å². The van der Waals surface area contributed by atoms with Crippen LogP contribution in [0.2, 0.25) is 5.02 Å². The average molecular weight is 392 g/mol. The lowest BCUT2D eigenvalue weighted by molar-refractivity contribution is 0.0977. The van der Waals surface area contributed by atoms with Gasteiger partial charge in [-0.3, -0.25) is 10.1 Å². The Labute approximate surface area is 156 Å². The van der Waals surface area contributed by atoms with Crippen LogP contribution in [-0.2, 0) is 0 Å². The van der Waals surface area contributed by atoms with E-state index in [2.05, 4.69) is 15.6 Å². The first-order valence-corrected chi connectivity index (χ1v) is 8.77. The summed E-state index contributed by atoms with van der Waals surface area (Å²) in [6.45, 7) is 0.155. The van der Waals surface area contributed by atoms with Crippen molar-refractivity contribution in [2.45, 2.75) is 0 Å². The Balaban J connectivity index is 1.45. The zero-order valence-corrected chi connectivity index (χ0v) is 14.9. The lowest BCUT2D eigenvalue weighted by atomic mass is 10.2. The summed E-state index contributed by atoms with van der Waals surface area (Å²) in [5, 5.41) is 6.91. The third-order valence-corrected chi connectivity index (χ3v) is 4.81. The lowest BCUT2D eigenvalue weighted by Crippen LogP contribution is -2.34. The fourth-order valence-corrected chi connectivity index (χ4v) is 3.69. The molecule has 1 aliphatic rings. The Kier molecular flexibility index (Phi) is 4.16. The number of ether oxygens (including phenoxy) is 2. The monoisotopic (exact) mass is 391 g/mol. The average Bonchev–Trinajstić information content (AvgIpc) is 3.19. The minimum absolute atomic E-state index is 0.155. The maximum atomic E-state index is 12.3.